The van der Waals surface area contributed by atoms with Gasteiger partial charge in [0.15, 0.2) is 9.84 Å². The van der Waals surface area contributed by atoms with Crippen LogP contribution in [-0.2, 0) is 9.84 Å². The molecule has 0 saturated carbocycles. The van der Waals surface area contributed by atoms with Gasteiger partial charge in [-0.3, -0.25) is 0 Å². The van der Waals surface area contributed by atoms with Gasteiger partial charge in [0.1, 0.15) is 0 Å². The van der Waals surface area contributed by atoms with Crippen LogP contribution in [0.1, 0.15) is 12.8 Å². The topological polar surface area (TPSA) is 60.2 Å². The van der Waals surface area contributed by atoms with Crippen LogP contribution in [0.15, 0.2) is 27.6 Å². The number of alkyl halides is 3. The summed E-state index contributed by atoms with van der Waals surface area (Å²) in [5.41, 5.74) is 5.54. The third-order valence-corrected chi connectivity index (χ3v) is 4.53. The van der Waals surface area contributed by atoms with E-state index < -0.39 is 34.6 Å². The zero-order valence-corrected chi connectivity index (χ0v) is 11.6. The van der Waals surface area contributed by atoms with Gasteiger partial charge in [0, 0.05) is 10.9 Å². The predicted octanol–water partition coefficient (Wildman–Crippen LogP) is 3.15. The summed E-state index contributed by atoms with van der Waals surface area (Å²) >= 11 is 3.09. The summed E-state index contributed by atoms with van der Waals surface area (Å²) in [6, 6.07) is 4.24. The van der Waals surface area contributed by atoms with Crippen molar-refractivity contribution >= 4 is 31.5 Å². The number of hydrogen-bond acceptors (Lipinski definition) is 3. The first-order valence-electron chi connectivity index (χ1n) is 4.96. The molecule has 2 N–H and O–H groups in total. The number of sulfone groups is 1. The van der Waals surface area contributed by atoms with Gasteiger partial charge in [-0.2, -0.15) is 13.2 Å². The number of benzene rings is 1. The van der Waals surface area contributed by atoms with Gasteiger partial charge in [-0.15, -0.1) is 0 Å². The minimum atomic E-state index is -4.35. The average Bonchev–Trinajstić information content (AvgIpc) is 2.19. The summed E-state index contributed by atoms with van der Waals surface area (Å²) in [5, 5.41) is 0. The van der Waals surface area contributed by atoms with E-state index in [1.54, 1.807) is 6.07 Å². The van der Waals surface area contributed by atoms with Crippen molar-refractivity contribution < 1.29 is 21.6 Å². The van der Waals surface area contributed by atoms with Crippen LogP contribution >= 0.6 is 15.9 Å². The van der Waals surface area contributed by atoms with E-state index in [1.165, 1.54) is 12.1 Å². The molecule has 3 nitrogen and oxygen atoms in total. The Morgan fingerprint density at radius 2 is 1.89 bits per heavy atom. The van der Waals surface area contributed by atoms with Crippen molar-refractivity contribution in [1.82, 2.24) is 0 Å². The summed E-state index contributed by atoms with van der Waals surface area (Å²) in [6.45, 7) is 0. The van der Waals surface area contributed by atoms with E-state index in [1.807, 2.05) is 0 Å². The molecule has 1 aromatic carbocycles. The van der Waals surface area contributed by atoms with Gasteiger partial charge in [-0.25, -0.2) is 8.42 Å². The number of hydrogen-bond donors (Lipinski definition) is 1. The lowest BCUT2D eigenvalue weighted by Crippen LogP contribution is -2.13. The maximum atomic E-state index is 11.9. The standard InChI is InChI=1S/C10H11BrF3NO2S/c11-7-2-3-8(15)9(6-7)18(16,17)5-1-4-10(12,13)14/h2-3,6H,1,4-5,15H2. The summed E-state index contributed by atoms with van der Waals surface area (Å²) in [4.78, 5) is -0.140. The molecule has 0 aliphatic rings. The van der Waals surface area contributed by atoms with Gasteiger partial charge in [-0.1, -0.05) is 15.9 Å². The smallest absolute Gasteiger partial charge is 0.389 e. The highest BCUT2D eigenvalue weighted by Gasteiger charge is 2.28. The van der Waals surface area contributed by atoms with Crippen LogP contribution in [0.3, 0.4) is 0 Å². The quantitative estimate of drug-likeness (QED) is 0.852. The van der Waals surface area contributed by atoms with Crippen molar-refractivity contribution in [3.63, 3.8) is 0 Å². The molecule has 1 aromatic rings. The Bertz CT molecular complexity index is 528. The van der Waals surface area contributed by atoms with E-state index >= 15 is 0 Å². The van der Waals surface area contributed by atoms with Crippen LogP contribution < -0.4 is 5.73 Å². The Kier molecular flexibility index (Phi) is 4.66. The lowest BCUT2D eigenvalue weighted by molar-refractivity contribution is -0.134. The second-order valence-corrected chi connectivity index (χ2v) is 6.71. The maximum Gasteiger partial charge on any atom is 0.389 e. The SMILES string of the molecule is Nc1ccc(Br)cc1S(=O)(=O)CCCC(F)(F)F. The summed E-state index contributed by atoms with van der Waals surface area (Å²) < 4.78 is 60.0. The molecule has 102 valence electrons. The van der Waals surface area contributed by atoms with E-state index in [2.05, 4.69) is 15.9 Å². The van der Waals surface area contributed by atoms with Gasteiger partial charge < -0.3 is 5.73 Å². The first kappa shape index (κ1) is 15.3. The Hall–Kier alpha value is -0.760. The highest BCUT2D eigenvalue weighted by molar-refractivity contribution is 9.10. The molecule has 0 fully saturated rings. The second kappa shape index (κ2) is 5.48. The zero-order valence-electron chi connectivity index (χ0n) is 9.17. The second-order valence-electron chi connectivity index (χ2n) is 3.72. The molecule has 0 atom stereocenters. The summed E-state index contributed by atoms with van der Waals surface area (Å²) in [7, 11) is -3.79. The lowest BCUT2D eigenvalue weighted by Gasteiger charge is -2.09. The van der Waals surface area contributed by atoms with Crippen molar-refractivity contribution in [1.29, 1.82) is 0 Å². The van der Waals surface area contributed by atoms with Crippen molar-refractivity contribution in [2.75, 3.05) is 11.5 Å². The van der Waals surface area contributed by atoms with Gasteiger partial charge in [0.05, 0.1) is 16.3 Å². The van der Waals surface area contributed by atoms with E-state index in [9.17, 15) is 21.6 Å². The highest BCUT2D eigenvalue weighted by atomic mass is 79.9. The molecule has 0 heterocycles. The summed E-state index contributed by atoms with van der Waals surface area (Å²) in [5.74, 6) is -0.576. The molecule has 0 spiro atoms. The van der Waals surface area contributed by atoms with Crippen LogP contribution in [0.2, 0.25) is 0 Å². The number of nitrogens with two attached hydrogens (primary N) is 1. The number of anilines is 1. The van der Waals surface area contributed by atoms with Crippen molar-refractivity contribution in [3.8, 4) is 0 Å². The van der Waals surface area contributed by atoms with Gasteiger partial charge in [0.25, 0.3) is 0 Å². The summed E-state index contributed by atoms with van der Waals surface area (Å²) in [6.07, 6.45) is -5.95. The van der Waals surface area contributed by atoms with Gasteiger partial charge in [0.2, 0.25) is 0 Å². The third-order valence-electron chi connectivity index (χ3n) is 2.18. The highest BCUT2D eigenvalue weighted by Crippen LogP contribution is 2.26. The van der Waals surface area contributed by atoms with E-state index in [0.29, 0.717) is 4.47 Å². The molecule has 0 bridgehead atoms. The van der Waals surface area contributed by atoms with Crippen LogP contribution in [0, 0.1) is 0 Å². The van der Waals surface area contributed by atoms with Crippen molar-refractivity contribution in [3.05, 3.63) is 22.7 Å². The molecule has 0 amide bonds. The molecule has 0 aromatic heterocycles. The number of halogens is 4. The van der Waals surface area contributed by atoms with Crippen LogP contribution in [0.4, 0.5) is 18.9 Å². The van der Waals surface area contributed by atoms with E-state index in [-0.39, 0.29) is 10.6 Å². The average molecular weight is 346 g/mol. The third kappa shape index (κ3) is 4.49. The Morgan fingerprint density at radius 1 is 1.28 bits per heavy atom. The minimum absolute atomic E-state index is 0.0326. The van der Waals surface area contributed by atoms with Gasteiger partial charge >= 0.3 is 6.18 Å². The maximum absolute atomic E-state index is 11.9. The van der Waals surface area contributed by atoms with Gasteiger partial charge in [-0.05, 0) is 24.6 Å². The fourth-order valence-electron chi connectivity index (χ4n) is 1.35. The fraction of sp³-hybridized carbons (Fsp3) is 0.400. The predicted molar refractivity (Wildman–Crippen MR) is 65.9 cm³/mol. The molecule has 0 aliphatic carbocycles. The largest absolute Gasteiger partial charge is 0.398 e. The van der Waals surface area contributed by atoms with Crippen LogP contribution in [-0.4, -0.2) is 20.3 Å². The molecule has 0 unspecified atom stereocenters. The molecular formula is C10H11BrF3NO2S. The van der Waals surface area contributed by atoms with Crippen molar-refractivity contribution in [2.24, 2.45) is 0 Å². The van der Waals surface area contributed by atoms with E-state index in [0.717, 1.165) is 0 Å². The number of nitrogen functional groups attached to an aromatic ring is 1. The molecular weight excluding hydrogens is 335 g/mol. The minimum Gasteiger partial charge on any atom is -0.398 e. The molecule has 0 aliphatic heterocycles. The first-order chi connectivity index (χ1) is 8.12. The van der Waals surface area contributed by atoms with Crippen LogP contribution in [0.5, 0.6) is 0 Å². The monoisotopic (exact) mass is 345 g/mol. The normalized spacial score (nSPS) is 12.7. The van der Waals surface area contributed by atoms with E-state index in [4.69, 9.17) is 5.73 Å². The first-order valence-corrected chi connectivity index (χ1v) is 7.41. The fourth-order valence-corrected chi connectivity index (χ4v) is 3.34. The molecule has 0 radical (unpaired) electrons. The van der Waals surface area contributed by atoms with Crippen LogP contribution in [0.25, 0.3) is 0 Å². The lowest BCUT2D eigenvalue weighted by atomic mass is 10.3. The number of rotatable bonds is 4. The zero-order chi connectivity index (χ0) is 14.0. The molecule has 18 heavy (non-hydrogen) atoms. The molecule has 1 rings (SSSR count). The Balaban J connectivity index is 2.84. The Morgan fingerprint density at radius 3 is 2.44 bits per heavy atom. The van der Waals surface area contributed by atoms with Crippen molar-refractivity contribution in [2.45, 2.75) is 23.9 Å². The Labute approximate surface area is 111 Å². The molecule has 8 heteroatoms. The molecule has 0 saturated heterocycles.